The number of nitrogens with one attached hydrogen (secondary N) is 1. The van der Waals surface area contributed by atoms with Crippen LogP contribution in [0, 0.1) is 13.8 Å². The van der Waals surface area contributed by atoms with E-state index in [9.17, 15) is 4.79 Å². The molecule has 1 amide bonds. The van der Waals surface area contributed by atoms with Crippen molar-refractivity contribution in [3.63, 3.8) is 0 Å². The molecule has 0 aliphatic carbocycles. The number of nitrogens with zero attached hydrogens (tertiary/aromatic N) is 1. The minimum atomic E-state index is -0.128. The number of aromatic nitrogens is 1. The van der Waals surface area contributed by atoms with Crippen molar-refractivity contribution in [3.8, 4) is 10.6 Å². The molecule has 0 aliphatic rings. The van der Waals surface area contributed by atoms with Crippen LogP contribution in [0.25, 0.3) is 10.6 Å². The second kappa shape index (κ2) is 6.32. The van der Waals surface area contributed by atoms with E-state index < -0.39 is 0 Å². The summed E-state index contributed by atoms with van der Waals surface area (Å²) < 4.78 is 1.07. The number of anilines is 1. The standard InChI is InChI=1S/C16H13BrN2OS2/c1-9-3-4-11(7-10(9)2)15(20)19-16-18-12(8-21-16)13-5-6-14(17)22-13/h3-8H,1-2H3,(H,18,19,20). The number of amides is 1. The molecule has 0 saturated heterocycles. The third-order valence-electron chi connectivity index (χ3n) is 3.32. The zero-order valence-electron chi connectivity index (χ0n) is 12.0. The van der Waals surface area contributed by atoms with E-state index in [-0.39, 0.29) is 5.91 Å². The number of halogens is 1. The van der Waals surface area contributed by atoms with Gasteiger partial charge in [-0.15, -0.1) is 22.7 Å². The van der Waals surface area contributed by atoms with Gasteiger partial charge in [0.2, 0.25) is 0 Å². The van der Waals surface area contributed by atoms with Crippen molar-refractivity contribution < 1.29 is 4.79 Å². The highest BCUT2D eigenvalue weighted by Gasteiger charge is 2.11. The third-order valence-corrected chi connectivity index (χ3v) is 5.72. The van der Waals surface area contributed by atoms with Gasteiger partial charge in [0, 0.05) is 10.9 Å². The summed E-state index contributed by atoms with van der Waals surface area (Å²) >= 11 is 6.50. The van der Waals surface area contributed by atoms with Crippen molar-refractivity contribution in [1.29, 1.82) is 0 Å². The van der Waals surface area contributed by atoms with Crippen LogP contribution in [0.15, 0.2) is 39.5 Å². The molecule has 3 aromatic rings. The molecule has 0 fully saturated rings. The lowest BCUT2D eigenvalue weighted by molar-refractivity contribution is 0.102. The highest BCUT2D eigenvalue weighted by atomic mass is 79.9. The summed E-state index contributed by atoms with van der Waals surface area (Å²) in [5.41, 5.74) is 3.82. The molecular formula is C16H13BrN2OS2. The molecule has 0 bridgehead atoms. The van der Waals surface area contributed by atoms with E-state index in [1.54, 1.807) is 11.3 Å². The Kier molecular flexibility index (Phi) is 4.42. The molecule has 2 heterocycles. The first-order valence-electron chi connectivity index (χ1n) is 6.63. The highest BCUT2D eigenvalue weighted by Crippen LogP contribution is 2.33. The van der Waals surface area contributed by atoms with Gasteiger partial charge in [-0.3, -0.25) is 10.1 Å². The van der Waals surface area contributed by atoms with E-state index in [1.807, 2.05) is 49.6 Å². The first-order valence-corrected chi connectivity index (χ1v) is 9.11. The predicted molar refractivity (Wildman–Crippen MR) is 97.0 cm³/mol. The van der Waals surface area contributed by atoms with Crippen molar-refractivity contribution in [2.75, 3.05) is 5.32 Å². The van der Waals surface area contributed by atoms with Crippen molar-refractivity contribution >= 4 is 49.6 Å². The third kappa shape index (κ3) is 3.29. The van der Waals surface area contributed by atoms with Crippen LogP contribution in [0.1, 0.15) is 21.5 Å². The number of hydrogen-bond acceptors (Lipinski definition) is 4. The lowest BCUT2D eigenvalue weighted by Gasteiger charge is -2.04. The quantitative estimate of drug-likeness (QED) is 0.638. The van der Waals surface area contributed by atoms with Gasteiger partial charge in [-0.2, -0.15) is 0 Å². The second-order valence-corrected chi connectivity index (χ2v) is 8.22. The second-order valence-electron chi connectivity index (χ2n) is 4.89. The Morgan fingerprint density at radius 3 is 2.68 bits per heavy atom. The predicted octanol–water partition coefficient (Wildman–Crippen LogP) is 5.50. The zero-order valence-corrected chi connectivity index (χ0v) is 15.2. The van der Waals surface area contributed by atoms with Crippen molar-refractivity contribution in [2.45, 2.75) is 13.8 Å². The molecule has 2 aromatic heterocycles. The van der Waals surface area contributed by atoms with Gasteiger partial charge in [0.15, 0.2) is 5.13 Å². The van der Waals surface area contributed by atoms with Gasteiger partial charge in [-0.1, -0.05) is 6.07 Å². The number of hydrogen-bond donors (Lipinski definition) is 1. The largest absolute Gasteiger partial charge is 0.298 e. The fourth-order valence-electron chi connectivity index (χ4n) is 1.95. The maximum atomic E-state index is 12.3. The van der Waals surface area contributed by atoms with Gasteiger partial charge in [0.25, 0.3) is 5.91 Å². The number of carbonyl (C=O) groups is 1. The van der Waals surface area contributed by atoms with Gasteiger partial charge < -0.3 is 0 Å². The van der Waals surface area contributed by atoms with Crippen LogP contribution in [-0.2, 0) is 0 Å². The van der Waals surface area contributed by atoms with Gasteiger partial charge in [-0.25, -0.2) is 4.98 Å². The zero-order chi connectivity index (χ0) is 15.7. The summed E-state index contributed by atoms with van der Waals surface area (Å²) in [6.07, 6.45) is 0. The average molecular weight is 393 g/mol. The summed E-state index contributed by atoms with van der Waals surface area (Å²) in [4.78, 5) is 17.8. The molecule has 112 valence electrons. The van der Waals surface area contributed by atoms with E-state index in [1.165, 1.54) is 16.9 Å². The minimum Gasteiger partial charge on any atom is -0.298 e. The summed E-state index contributed by atoms with van der Waals surface area (Å²) in [5, 5.41) is 5.43. The van der Waals surface area contributed by atoms with E-state index >= 15 is 0 Å². The van der Waals surface area contributed by atoms with Crippen molar-refractivity contribution in [3.05, 3.63) is 56.2 Å². The van der Waals surface area contributed by atoms with Crippen LogP contribution in [-0.4, -0.2) is 10.9 Å². The fraction of sp³-hybridized carbons (Fsp3) is 0.125. The average Bonchev–Trinajstić information content (AvgIpc) is 3.10. The van der Waals surface area contributed by atoms with Gasteiger partial charge >= 0.3 is 0 Å². The smallest absolute Gasteiger partial charge is 0.257 e. The number of rotatable bonds is 3. The number of benzene rings is 1. The maximum absolute atomic E-state index is 12.3. The monoisotopic (exact) mass is 392 g/mol. The van der Waals surface area contributed by atoms with Crippen LogP contribution >= 0.6 is 38.6 Å². The molecule has 1 N–H and O–H groups in total. The first-order chi connectivity index (χ1) is 10.5. The molecule has 0 radical (unpaired) electrons. The Morgan fingerprint density at radius 1 is 1.18 bits per heavy atom. The molecule has 1 aromatic carbocycles. The van der Waals surface area contributed by atoms with Gasteiger partial charge in [0.05, 0.1) is 14.4 Å². The molecule has 0 aliphatic heterocycles. The Morgan fingerprint density at radius 2 is 2.00 bits per heavy atom. The van der Waals surface area contributed by atoms with Crippen molar-refractivity contribution in [2.24, 2.45) is 0 Å². The summed E-state index contributed by atoms with van der Waals surface area (Å²) in [6, 6.07) is 9.70. The van der Waals surface area contributed by atoms with Crippen molar-refractivity contribution in [1.82, 2.24) is 4.98 Å². The number of aryl methyl sites for hydroxylation is 2. The van der Waals surface area contributed by atoms with Gasteiger partial charge in [-0.05, 0) is 65.2 Å². The fourth-order valence-corrected chi connectivity index (χ4v) is 4.08. The Labute approximate surface area is 145 Å². The molecular weight excluding hydrogens is 380 g/mol. The van der Waals surface area contributed by atoms with Gasteiger partial charge in [0.1, 0.15) is 0 Å². The first kappa shape index (κ1) is 15.4. The molecule has 3 nitrogen and oxygen atoms in total. The molecule has 22 heavy (non-hydrogen) atoms. The lowest BCUT2D eigenvalue weighted by Crippen LogP contribution is -2.12. The number of thiazole rings is 1. The minimum absolute atomic E-state index is 0.128. The Balaban J connectivity index is 1.77. The van der Waals surface area contributed by atoms with E-state index in [0.717, 1.165) is 19.9 Å². The summed E-state index contributed by atoms with van der Waals surface area (Å²) in [5.74, 6) is -0.128. The Hall–Kier alpha value is -1.50. The van der Waals surface area contributed by atoms with E-state index in [4.69, 9.17) is 0 Å². The molecule has 0 spiro atoms. The van der Waals surface area contributed by atoms with Crippen LogP contribution in [0.3, 0.4) is 0 Å². The molecule has 6 heteroatoms. The SMILES string of the molecule is Cc1ccc(C(=O)Nc2nc(-c3ccc(Br)s3)cs2)cc1C. The number of thiophene rings is 1. The summed E-state index contributed by atoms with van der Waals surface area (Å²) in [7, 11) is 0. The molecule has 0 saturated carbocycles. The molecule has 0 atom stereocenters. The maximum Gasteiger partial charge on any atom is 0.257 e. The lowest BCUT2D eigenvalue weighted by atomic mass is 10.1. The molecule has 0 unspecified atom stereocenters. The van der Waals surface area contributed by atoms with Crippen LogP contribution in [0.2, 0.25) is 0 Å². The summed E-state index contributed by atoms with van der Waals surface area (Å²) in [6.45, 7) is 4.03. The van der Waals surface area contributed by atoms with Crippen LogP contribution in [0.5, 0.6) is 0 Å². The van der Waals surface area contributed by atoms with E-state index in [0.29, 0.717) is 10.7 Å². The van der Waals surface area contributed by atoms with Crippen LogP contribution in [0.4, 0.5) is 5.13 Å². The highest BCUT2D eigenvalue weighted by molar-refractivity contribution is 9.11. The topological polar surface area (TPSA) is 42.0 Å². The Bertz CT molecular complexity index is 838. The number of carbonyl (C=O) groups excluding carboxylic acids is 1. The molecule has 3 rings (SSSR count). The van der Waals surface area contributed by atoms with E-state index in [2.05, 4.69) is 26.2 Å². The van der Waals surface area contributed by atoms with Crippen LogP contribution < -0.4 is 5.32 Å². The normalized spacial score (nSPS) is 10.7.